The predicted molar refractivity (Wildman–Crippen MR) is 39.0 cm³/mol. The number of rotatable bonds is 4. The molecule has 2 fully saturated rings. The molecule has 51 valence electrons. The Bertz CT molecular complexity index is 76.2. The third kappa shape index (κ3) is 2.00. The average Bonchev–Trinajstić information content (AvgIpc) is 2.57. The largest absolute Gasteiger partial charge is 0.0502 e. The van der Waals surface area contributed by atoms with E-state index in [1.165, 1.54) is 38.5 Å². The van der Waals surface area contributed by atoms with Crippen molar-refractivity contribution in [1.82, 2.24) is 0 Å². The van der Waals surface area contributed by atoms with E-state index in [9.17, 15) is 0 Å². The second-order valence-corrected chi connectivity index (χ2v) is 3.59. The highest BCUT2D eigenvalue weighted by molar-refractivity contribution is 4.88. The third-order valence-electron chi connectivity index (χ3n) is 2.39. The van der Waals surface area contributed by atoms with E-state index in [1.54, 1.807) is 0 Å². The molecule has 0 heteroatoms. The van der Waals surface area contributed by atoms with Gasteiger partial charge in [0, 0.05) is 0 Å². The van der Waals surface area contributed by atoms with Crippen LogP contribution in [0, 0.1) is 18.3 Å². The van der Waals surface area contributed by atoms with Crippen LogP contribution in [0.25, 0.3) is 0 Å². The third-order valence-corrected chi connectivity index (χ3v) is 2.39. The van der Waals surface area contributed by atoms with Crippen LogP contribution in [0.4, 0.5) is 0 Å². The molecule has 0 aliphatic heterocycles. The molecule has 0 nitrogen and oxygen atoms in total. The van der Waals surface area contributed by atoms with E-state index in [0.717, 1.165) is 11.8 Å². The minimum Gasteiger partial charge on any atom is -0.0502 e. The Morgan fingerprint density at radius 1 is 1.11 bits per heavy atom. The minimum atomic E-state index is 1.05. The van der Waals surface area contributed by atoms with Gasteiger partial charge in [0.25, 0.3) is 0 Å². The molecule has 0 heterocycles. The smallest absolute Gasteiger partial charge is 0.0355 e. The number of hydrogen-bond donors (Lipinski definition) is 0. The van der Waals surface area contributed by atoms with Crippen molar-refractivity contribution >= 4 is 0 Å². The Labute approximate surface area is 57.6 Å². The fourth-order valence-electron chi connectivity index (χ4n) is 1.31. The monoisotopic (exact) mass is 123 g/mol. The van der Waals surface area contributed by atoms with Gasteiger partial charge in [0.15, 0.2) is 0 Å². The van der Waals surface area contributed by atoms with Crippen LogP contribution < -0.4 is 0 Å². The molecule has 0 atom stereocenters. The molecule has 1 radical (unpaired) electrons. The lowest BCUT2D eigenvalue weighted by Gasteiger charge is -1.93. The zero-order valence-electron chi connectivity index (χ0n) is 5.97. The lowest BCUT2D eigenvalue weighted by atomic mass is 10.1. The summed E-state index contributed by atoms with van der Waals surface area (Å²) in [5.74, 6) is 2.18. The van der Waals surface area contributed by atoms with E-state index in [2.05, 4.69) is 6.42 Å². The van der Waals surface area contributed by atoms with E-state index in [4.69, 9.17) is 0 Å². The van der Waals surface area contributed by atoms with Crippen molar-refractivity contribution in [3.8, 4) is 0 Å². The molecule has 0 aromatic carbocycles. The molecular formula is C9H15. The SMILES string of the molecule is [CH](CCC1CC1)C1CC1. The highest BCUT2D eigenvalue weighted by Gasteiger charge is 2.24. The Morgan fingerprint density at radius 3 is 2.44 bits per heavy atom. The van der Waals surface area contributed by atoms with Crippen LogP contribution in [-0.2, 0) is 0 Å². The molecule has 0 amide bonds. The summed E-state index contributed by atoms with van der Waals surface area (Å²) in [6.07, 6.45) is 11.5. The first-order valence-corrected chi connectivity index (χ1v) is 4.28. The standard InChI is InChI=1S/C9H15/c1(2-8-4-5-8)3-9-6-7-9/h2,8-9H,1,3-7H2. The molecule has 0 bridgehead atoms. The van der Waals surface area contributed by atoms with Gasteiger partial charge in [-0.3, -0.25) is 0 Å². The van der Waals surface area contributed by atoms with Crippen molar-refractivity contribution in [3.05, 3.63) is 6.42 Å². The Kier molecular flexibility index (Phi) is 1.48. The molecule has 0 aromatic rings. The van der Waals surface area contributed by atoms with E-state index in [-0.39, 0.29) is 0 Å². The van der Waals surface area contributed by atoms with Gasteiger partial charge in [-0.2, -0.15) is 0 Å². The second-order valence-electron chi connectivity index (χ2n) is 3.59. The maximum Gasteiger partial charge on any atom is -0.0355 e. The van der Waals surface area contributed by atoms with Crippen LogP contribution in [0.2, 0.25) is 0 Å². The number of hydrogen-bond acceptors (Lipinski definition) is 0. The molecule has 0 spiro atoms. The first kappa shape index (κ1) is 5.76. The van der Waals surface area contributed by atoms with Crippen LogP contribution in [0.15, 0.2) is 0 Å². The van der Waals surface area contributed by atoms with Gasteiger partial charge in [0.05, 0.1) is 0 Å². The van der Waals surface area contributed by atoms with Gasteiger partial charge in [-0.05, 0) is 37.5 Å². The zero-order valence-corrected chi connectivity index (χ0v) is 5.97. The minimum absolute atomic E-state index is 1.05. The summed E-state index contributed by atoms with van der Waals surface area (Å²) < 4.78 is 0. The highest BCUT2D eigenvalue weighted by atomic mass is 14.3. The summed E-state index contributed by atoms with van der Waals surface area (Å²) in [5, 5.41) is 0. The molecule has 0 N–H and O–H groups in total. The first-order valence-electron chi connectivity index (χ1n) is 4.28. The maximum absolute atomic E-state index is 2.54. The van der Waals surface area contributed by atoms with E-state index in [0.29, 0.717) is 0 Å². The van der Waals surface area contributed by atoms with Crippen LogP contribution in [-0.4, -0.2) is 0 Å². The van der Waals surface area contributed by atoms with Crippen molar-refractivity contribution in [2.24, 2.45) is 11.8 Å². The van der Waals surface area contributed by atoms with Gasteiger partial charge in [-0.15, -0.1) is 0 Å². The highest BCUT2D eigenvalue weighted by Crippen LogP contribution is 2.37. The van der Waals surface area contributed by atoms with Crippen LogP contribution in [0.5, 0.6) is 0 Å². The lowest BCUT2D eigenvalue weighted by molar-refractivity contribution is 0.690. The van der Waals surface area contributed by atoms with Crippen LogP contribution in [0.3, 0.4) is 0 Å². The summed E-state index contributed by atoms with van der Waals surface area (Å²) in [6.45, 7) is 0. The topological polar surface area (TPSA) is 0 Å². The fraction of sp³-hybridized carbons (Fsp3) is 0.889. The molecule has 2 aliphatic rings. The van der Waals surface area contributed by atoms with Crippen LogP contribution >= 0.6 is 0 Å². The van der Waals surface area contributed by atoms with E-state index in [1.807, 2.05) is 0 Å². The van der Waals surface area contributed by atoms with Gasteiger partial charge < -0.3 is 0 Å². The van der Waals surface area contributed by atoms with Gasteiger partial charge >= 0.3 is 0 Å². The predicted octanol–water partition coefficient (Wildman–Crippen LogP) is 2.79. The molecule has 2 rings (SSSR count). The lowest BCUT2D eigenvalue weighted by Crippen LogP contribution is -1.80. The molecule has 0 unspecified atom stereocenters. The second kappa shape index (κ2) is 2.32. The molecule has 0 aromatic heterocycles. The average molecular weight is 123 g/mol. The molecule has 9 heavy (non-hydrogen) atoms. The van der Waals surface area contributed by atoms with E-state index >= 15 is 0 Å². The summed E-state index contributed by atoms with van der Waals surface area (Å²) in [4.78, 5) is 0. The summed E-state index contributed by atoms with van der Waals surface area (Å²) in [7, 11) is 0. The van der Waals surface area contributed by atoms with Crippen molar-refractivity contribution < 1.29 is 0 Å². The molecule has 0 saturated heterocycles. The fourth-order valence-corrected chi connectivity index (χ4v) is 1.31. The maximum atomic E-state index is 2.54. The molecular weight excluding hydrogens is 108 g/mol. The Morgan fingerprint density at radius 2 is 1.89 bits per heavy atom. The first-order chi connectivity index (χ1) is 4.45. The molecule has 2 aliphatic carbocycles. The Balaban J connectivity index is 1.46. The summed E-state index contributed by atoms with van der Waals surface area (Å²) >= 11 is 0. The van der Waals surface area contributed by atoms with Gasteiger partial charge in [0.1, 0.15) is 0 Å². The molecule has 2 saturated carbocycles. The Hall–Kier alpha value is 0. The van der Waals surface area contributed by atoms with Crippen molar-refractivity contribution in [3.63, 3.8) is 0 Å². The summed E-state index contributed by atoms with van der Waals surface area (Å²) in [6, 6.07) is 0. The van der Waals surface area contributed by atoms with Gasteiger partial charge in [0.2, 0.25) is 0 Å². The zero-order chi connectivity index (χ0) is 6.10. The van der Waals surface area contributed by atoms with E-state index < -0.39 is 0 Å². The van der Waals surface area contributed by atoms with Crippen LogP contribution in [0.1, 0.15) is 38.5 Å². The van der Waals surface area contributed by atoms with Gasteiger partial charge in [-0.25, -0.2) is 0 Å². The van der Waals surface area contributed by atoms with Crippen molar-refractivity contribution in [2.45, 2.75) is 38.5 Å². The van der Waals surface area contributed by atoms with Crippen molar-refractivity contribution in [1.29, 1.82) is 0 Å². The van der Waals surface area contributed by atoms with Crippen molar-refractivity contribution in [2.75, 3.05) is 0 Å². The normalized spacial score (nSPS) is 26.7. The summed E-state index contributed by atoms with van der Waals surface area (Å²) in [5.41, 5.74) is 0. The van der Waals surface area contributed by atoms with Gasteiger partial charge in [-0.1, -0.05) is 19.3 Å². The quantitative estimate of drug-likeness (QED) is 0.539.